The van der Waals surface area contributed by atoms with E-state index in [9.17, 15) is 4.79 Å². The van der Waals surface area contributed by atoms with E-state index in [1.807, 2.05) is 37.8 Å². The third-order valence-corrected chi connectivity index (χ3v) is 4.08. The summed E-state index contributed by atoms with van der Waals surface area (Å²) in [5.74, 6) is 0.376. The van der Waals surface area contributed by atoms with Crippen LogP contribution in [0.4, 0.5) is 0 Å². The Kier molecular flexibility index (Phi) is 4.04. The van der Waals surface area contributed by atoms with E-state index in [4.69, 9.17) is 4.74 Å². The molecule has 2 aromatic rings. The second-order valence-electron chi connectivity index (χ2n) is 5.57. The van der Waals surface area contributed by atoms with Crippen LogP contribution >= 0.6 is 0 Å². The number of fused-ring (bicyclic) bond motifs is 1. The molecule has 1 heterocycles. The number of rotatable bonds is 4. The van der Waals surface area contributed by atoms with Gasteiger partial charge in [-0.2, -0.15) is 0 Å². The molecule has 1 atom stereocenters. The number of hydrogen-bond acceptors (Lipinski definition) is 3. The Balaban J connectivity index is 1.74. The predicted octanol–water partition coefficient (Wildman–Crippen LogP) is 2.86. The average molecular weight is 284 g/mol. The summed E-state index contributed by atoms with van der Waals surface area (Å²) in [5, 5.41) is 0. The largest absolute Gasteiger partial charge is 0.462 e. The molecule has 1 aliphatic rings. The summed E-state index contributed by atoms with van der Waals surface area (Å²) in [6.45, 7) is 3.24. The van der Waals surface area contributed by atoms with E-state index >= 15 is 0 Å². The van der Waals surface area contributed by atoms with Gasteiger partial charge >= 0.3 is 5.97 Å². The lowest BCUT2D eigenvalue weighted by molar-refractivity contribution is 0.0526. The lowest BCUT2D eigenvalue weighted by Crippen LogP contribution is -2.19. The summed E-state index contributed by atoms with van der Waals surface area (Å²) in [6, 6.07) is 5.97. The first-order valence-electron chi connectivity index (χ1n) is 7.51. The van der Waals surface area contributed by atoms with Gasteiger partial charge in [0, 0.05) is 18.9 Å². The van der Waals surface area contributed by atoms with Crippen molar-refractivity contribution >= 4 is 5.97 Å². The number of esters is 1. The predicted molar refractivity (Wildman–Crippen MR) is 80.1 cm³/mol. The van der Waals surface area contributed by atoms with E-state index in [0.29, 0.717) is 18.1 Å². The first-order valence-corrected chi connectivity index (χ1v) is 7.51. The van der Waals surface area contributed by atoms with Crippen LogP contribution in [0.25, 0.3) is 0 Å². The number of carbonyl (C=O) groups excluding carboxylic acids is 1. The molecule has 3 rings (SSSR count). The molecule has 0 bridgehead atoms. The average Bonchev–Trinajstić information content (AvgIpc) is 2.99. The standard InChI is InChI=1S/C17H20N2O2/c1-2-21-17(20)15-6-5-14-4-3-13(9-16(14)10-15)11-19-8-7-18-12-19/h5-8,10,12-13H,2-4,9,11H2,1H3. The van der Waals surface area contributed by atoms with Crippen molar-refractivity contribution in [2.45, 2.75) is 32.7 Å². The highest BCUT2D eigenvalue weighted by atomic mass is 16.5. The molecular weight excluding hydrogens is 264 g/mol. The lowest BCUT2D eigenvalue weighted by atomic mass is 9.83. The maximum absolute atomic E-state index is 11.8. The van der Waals surface area contributed by atoms with Gasteiger partial charge in [0.2, 0.25) is 0 Å². The number of carbonyl (C=O) groups is 1. The molecule has 1 unspecified atom stereocenters. The van der Waals surface area contributed by atoms with Gasteiger partial charge in [-0.3, -0.25) is 0 Å². The zero-order chi connectivity index (χ0) is 14.7. The molecule has 1 aromatic heterocycles. The fourth-order valence-electron chi connectivity index (χ4n) is 3.02. The molecule has 4 heteroatoms. The molecule has 21 heavy (non-hydrogen) atoms. The third kappa shape index (κ3) is 3.15. The van der Waals surface area contributed by atoms with Crippen LogP contribution in [0.3, 0.4) is 0 Å². The van der Waals surface area contributed by atoms with Crippen LogP contribution < -0.4 is 0 Å². The van der Waals surface area contributed by atoms with Crippen LogP contribution in [0.1, 0.15) is 34.8 Å². The number of benzene rings is 1. The molecule has 0 saturated carbocycles. The SMILES string of the molecule is CCOC(=O)c1ccc2c(c1)CC(Cn1ccnc1)CC2. The highest BCUT2D eigenvalue weighted by molar-refractivity contribution is 5.89. The monoisotopic (exact) mass is 284 g/mol. The maximum Gasteiger partial charge on any atom is 0.338 e. The van der Waals surface area contributed by atoms with Crippen molar-refractivity contribution in [3.05, 3.63) is 53.6 Å². The highest BCUT2D eigenvalue weighted by Gasteiger charge is 2.20. The first-order chi connectivity index (χ1) is 10.3. The van der Waals surface area contributed by atoms with Crippen molar-refractivity contribution in [3.8, 4) is 0 Å². The Morgan fingerprint density at radius 2 is 2.33 bits per heavy atom. The van der Waals surface area contributed by atoms with Gasteiger partial charge in [0.25, 0.3) is 0 Å². The third-order valence-electron chi connectivity index (χ3n) is 4.08. The molecule has 0 N–H and O–H groups in total. The molecule has 0 spiro atoms. The summed E-state index contributed by atoms with van der Waals surface area (Å²) in [7, 11) is 0. The van der Waals surface area contributed by atoms with E-state index in [1.54, 1.807) is 0 Å². The molecular formula is C17H20N2O2. The molecule has 0 aliphatic heterocycles. The Labute approximate surface area is 124 Å². The van der Waals surface area contributed by atoms with Gasteiger partial charge in [0.1, 0.15) is 0 Å². The van der Waals surface area contributed by atoms with Gasteiger partial charge in [-0.15, -0.1) is 0 Å². The van der Waals surface area contributed by atoms with E-state index < -0.39 is 0 Å². The molecule has 1 aromatic carbocycles. The van der Waals surface area contributed by atoms with Gasteiger partial charge in [0.05, 0.1) is 18.5 Å². The number of imidazole rings is 1. The topological polar surface area (TPSA) is 44.1 Å². The number of aryl methyl sites for hydroxylation is 1. The maximum atomic E-state index is 11.8. The van der Waals surface area contributed by atoms with E-state index in [2.05, 4.69) is 15.6 Å². The number of aromatic nitrogens is 2. The second-order valence-corrected chi connectivity index (χ2v) is 5.57. The van der Waals surface area contributed by atoms with Gasteiger partial charge in [-0.05, 0) is 55.4 Å². The van der Waals surface area contributed by atoms with Crippen LogP contribution in [-0.2, 0) is 24.1 Å². The van der Waals surface area contributed by atoms with E-state index in [1.165, 1.54) is 17.5 Å². The molecule has 110 valence electrons. The number of nitrogens with zero attached hydrogens (tertiary/aromatic N) is 2. The summed E-state index contributed by atoms with van der Waals surface area (Å²) >= 11 is 0. The Bertz CT molecular complexity index is 620. The normalized spacial score (nSPS) is 17.3. The van der Waals surface area contributed by atoms with E-state index in [0.717, 1.165) is 19.4 Å². The Morgan fingerprint density at radius 3 is 3.10 bits per heavy atom. The molecule has 1 aliphatic carbocycles. The fraction of sp³-hybridized carbons (Fsp3) is 0.412. The number of hydrogen-bond donors (Lipinski definition) is 0. The zero-order valence-electron chi connectivity index (χ0n) is 12.3. The molecule has 0 radical (unpaired) electrons. The van der Waals surface area contributed by atoms with Crippen molar-refractivity contribution < 1.29 is 9.53 Å². The molecule has 0 saturated heterocycles. The van der Waals surface area contributed by atoms with Crippen molar-refractivity contribution in [3.63, 3.8) is 0 Å². The minimum absolute atomic E-state index is 0.225. The zero-order valence-corrected chi connectivity index (χ0v) is 12.3. The molecule has 0 amide bonds. The minimum atomic E-state index is -0.225. The minimum Gasteiger partial charge on any atom is -0.462 e. The van der Waals surface area contributed by atoms with Crippen molar-refractivity contribution in [1.82, 2.24) is 9.55 Å². The first kappa shape index (κ1) is 13.9. The molecule has 4 nitrogen and oxygen atoms in total. The van der Waals surface area contributed by atoms with Crippen molar-refractivity contribution in [2.24, 2.45) is 5.92 Å². The molecule has 0 fully saturated rings. The smallest absolute Gasteiger partial charge is 0.338 e. The van der Waals surface area contributed by atoms with Gasteiger partial charge in [-0.1, -0.05) is 6.07 Å². The Morgan fingerprint density at radius 1 is 1.43 bits per heavy atom. The van der Waals surface area contributed by atoms with Crippen LogP contribution in [0, 0.1) is 5.92 Å². The summed E-state index contributed by atoms with van der Waals surface area (Å²) in [4.78, 5) is 15.9. The van der Waals surface area contributed by atoms with E-state index in [-0.39, 0.29) is 5.97 Å². The van der Waals surface area contributed by atoms with Crippen LogP contribution in [-0.4, -0.2) is 22.1 Å². The highest BCUT2D eigenvalue weighted by Crippen LogP contribution is 2.27. The van der Waals surface area contributed by atoms with Crippen LogP contribution in [0.5, 0.6) is 0 Å². The summed E-state index contributed by atoms with van der Waals surface area (Å²) in [6.07, 6.45) is 8.97. The van der Waals surface area contributed by atoms with Gasteiger partial charge in [0.15, 0.2) is 0 Å². The number of ether oxygens (including phenoxy) is 1. The van der Waals surface area contributed by atoms with Gasteiger partial charge < -0.3 is 9.30 Å². The van der Waals surface area contributed by atoms with Gasteiger partial charge in [-0.25, -0.2) is 9.78 Å². The van der Waals surface area contributed by atoms with Crippen LogP contribution in [0.2, 0.25) is 0 Å². The van der Waals surface area contributed by atoms with Crippen molar-refractivity contribution in [1.29, 1.82) is 0 Å². The fourth-order valence-corrected chi connectivity index (χ4v) is 3.02. The van der Waals surface area contributed by atoms with Crippen molar-refractivity contribution in [2.75, 3.05) is 6.61 Å². The Hall–Kier alpha value is -2.10. The van der Waals surface area contributed by atoms with Crippen LogP contribution in [0.15, 0.2) is 36.9 Å². The quantitative estimate of drug-likeness (QED) is 0.811. The second kappa shape index (κ2) is 6.12. The summed E-state index contributed by atoms with van der Waals surface area (Å²) in [5.41, 5.74) is 3.32. The summed E-state index contributed by atoms with van der Waals surface area (Å²) < 4.78 is 7.21. The lowest BCUT2D eigenvalue weighted by Gasteiger charge is -2.25.